The van der Waals surface area contributed by atoms with Crippen molar-refractivity contribution in [3.05, 3.63) is 29.8 Å². The summed E-state index contributed by atoms with van der Waals surface area (Å²) in [6, 6.07) is 6.96. The maximum absolute atomic E-state index is 11.0. The van der Waals surface area contributed by atoms with Crippen LogP contribution in [-0.2, 0) is 25.5 Å². The summed E-state index contributed by atoms with van der Waals surface area (Å²) in [4.78, 5) is 0. The molecular weight excluding hydrogens is 262 g/mol. The highest BCUT2D eigenvalue weighted by Gasteiger charge is 2.27. The van der Waals surface area contributed by atoms with Gasteiger partial charge in [0.05, 0.1) is 13.7 Å². The minimum absolute atomic E-state index is 0.113. The van der Waals surface area contributed by atoms with Gasteiger partial charge in [-0.05, 0) is 22.9 Å². The Morgan fingerprint density at radius 2 is 2.06 bits per heavy atom. The van der Waals surface area contributed by atoms with Crippen LogP contribution in [0.3, 0.4) is 0 Å². The Bertz CT molecular complexity index is 554. The second kappa shape index (κ2) is 4.70. The van der Waals surface area contributed by atoms with Crippen LogP contribution < -0.4 is 10.5 Å². The van der Waals surface area contributed by atoms with Gasteiger partial charge in [-0.3, -0.25) is 0 Å². The smallest absolute Gasteiger partial charge is 0.491 e. The Morgan fingerprint density at radius 1 is 1.39 bits per heavy atom. The molecule has 9 heteroatoms. The molecule has 0 unspecified atom stereocenters. The van der Waals surface area contributed by atoms with Crippen LogP contribution in [0.1, 0.15) is 5.56 Å². The van der Waals surface area contributed by atoms with Crippen LogP contribution in [0.2, 0.25) is 0 Å². The van der Waals surface area contributed by atoms with Crippen molar-refractivity contribution in [2.45, 2.75) is 6.54 Å². The van der Waals surface area contributed by atoms with E-state index in [0.29, 0.717) is 5.75 Å². The van der Waals surface area contributed by atoms with Crippen molar-refractivity contribution >= 4 is 16.4 Å². The van der Waals surface area contributed by atoms with E-state index in [1.165, 1.54) is 0 Å². The zero-order chi connectivity index (χ0) is 13.2. The Labute approximate surface area is 104 Å². The van der Waals surface area contributed by atoms with Crippen molar-refractivity contribution in [2.75, 3.05) is 7.11 Å². The molecule has 0 radical (unpaired) electrons. The fourth-order valence-electron chi connectivity index (χ4n) is 1.30. The third kappa shape index (κ3) is 2.81. The maximum Gasteiger partial charge on any atom is 0.491 e. The molecule has 1 aromatic carbocycles. The second-order valence-electron chi connectivity index (χ2n) is 3.39. The highest BCUT2D eigenvalue weighted by molar-refractivity contribution is 7.81. The fourth-order valence-corrected chi connectivity index (χ4v) is 1.84. The Kier molecular flexibility index (Phi) is 3.26. The summed E-state index contributed by atoms with van der Waals surface area (Å²) in [6.45, 7) is 0.113. The minimum Gasteiger partial charge on any atom is -0.497 e. The lowest BCUT2D eigenvalue weighted by Gasteiger charge is -2.23. The highest BCUT2D eigenvalue weighted by atomic mass is 32.3. The molecular formula is C9H11N3O5S. The summed E-state index contributed by atoms with van der Waals surface area (Å²) in [5.41, 5.74) is 6.21. The van der Waals surface area contributed by atoms with E-state index in [1.54, 1.807) is 31.4 Å². The van der Waals surface area contributed by atoms with E-state index in [0.717, 1.165) is 10.6 Å². The molecule has 8 nitrogen and oxygen atoms in total. The van der Waals surface area contributed by atoms with Gasteiger partial charge in [-0.1, -0.05) is 12.1 Å². The van der Waals surface area contributed by atoms with Crippen LogP contribution in [0.15, 0.2) is 29.4 Å². The first-order valence-corrected chi connectivity index (χ1v) is 6.20. The zero-order valence-electron chi connectivity index (χ0n) is 9.44. The summed E-state index contributed by atoms with van der Waals surface area (Å²) in [7, 11) is -2.61. The number of guanidine groups is 1. The number of nitrogens with two attached hydrogens (primary N) is 1. The first-order valence-electron chi connectivity index (χ1n) is 4.87. The van der Waals surface area contributed by atoms with Crippen molar-refractivity contribution in [1.82, 2.24) is 5.06 Å². The third-order valence-corrected chi connectivity index (χ3v) is 2.76. The van der Waals surface area contributed by atoms with E-state index < -0.39 is 10.4 Å². The van der Waals surface area contributed by atoms with Crippen molar-refractivity contribution in [3.63, 3.8) is 0 Å². The molecule has 0 atom stereocenters. The molecule has 0 amide bonds. The van der Waals surface area contributed by atoms with Gasteiger partial charge in [-0.2, -0.15) is 13.5 Å². The molecule has 18 heavy (non-hydrogen) atoms. The number of hydroxylamine groups is 2. The fraction of sp³-hybridized carbons (Fsp3) is 0.222. The second-order valence-corrected chi connectivity index (χ2v) is 4.51. The number of hydrogen-bond acceptors (Lipinski definition) is 8. The number of nitrogens with zero attached hydrogens (tertiary/aromatic N) is 2. The van der Waals surface area contributed by atoms with E-state index in [-0.39, 0.29) is 12.5 Å². The molecule has 2 N–H and O–H groups in total. The lowest BCUT2D eigenvalue weighted by Crippen LogP contribution is -2.42. The molecule has 0 aromatic heterocycles. The zero-order valence-corrected chi connectivity index (χ0v) is 10.3. The largest absolute Gasteiger partial charge is 0.497 e. The summed E-state index contributed by atoms with van der Waals surface area (Å²) in [6.07, 6.45) is 0. The van der Waals surface area contributed by atoms with Crippen LogP contribution in [0.25, 0.3) is 0 Å². The monoisotopic (exact) mass is 273 g/mol. The van der Waals surface area contributed by atoms with E-state index in [2.05, 4.69) is 13.7 Å². The molecule has 1 aromatic rings. The molecule has 2 rings (SSSR count). The van der Waals surface area contributed by atoms with Crippen molar-refractivity contribution in [1.29, 1.82) is 0 Å². The van der Waals surface area contributed by atoms with Gasteiger partial charge in [-0.25, -0.2) is 4.28 Å². The summed E-state index contributed by atoms with van der Waals surface area (Å²) in [5, 5.41) is 4.09. The van der Waals surface area contributed by atoms with Gasteiger partial charge in [0.25, 0.3) is 5.96 Å². The van der Waals surface area contributed by atoms with Crippen molar-refractivity contribution in [3.8, 4) is 5.75 Å². The number of rotatable bonds is 3. The van der Waals surface area contributed by atoms with E-state index in [9.17, 15) is 8.42 Å². The predicted molar refractivity (Wildman–Crippen MR) is 61.2 cm³/mol. The lowest BCUT2D eigenvalue weighted by molar-refractivity contribution is -0.0207. The molecule has 0 fully saturated rings. The van der Waals surface area contributed by atoms with Crippen molar-refractivity contribution < 1.29 is 21.7 Å². The van der Waals surface area contributed by atoms with E-state index in [4.69, 9.17) is 10.5 Å². The average molecular weight is 273 g/mol. The predicted octanol–water partition coefficient (Wildman–Crippen LogP) is -0.0665. The molecule has 1 aliphatic heterocycles. The van der Waals surface area contributed by atoms with Crippen LogP contribution in [0, 0.1) is 0 Å². The first-order chi connectivity index (χ1) is 8.50. The number of methoxy groups -OCH3 is 1. The molecule has 1 heterocycles. The summed E-state index contributed by atoms with van der Waals surface area (Å²) >= 11 is 0. The van der Waals surface area contributed by atoms with E-state index in [1.807, 2.05) is 0 Å². The van der Waals surface area contributed by atoms with Crippen LogP contribution in [0.5, 0.6) is 5.75 Å². The lowest BCUT2D eigenvalue weighted by atomic mass is 10.2. The van der Waals surface area contributed by atoms with Gasteiger partial charge < -0.3 is 10.5 Å². The van der Waals surface area contributed by atoms with Gasteiger partial charge >= 0.3 is 10.4 Å². The van der Waals surface area contributed by atoms with Gasteiger partial charge in [0.15, 0.2) is 0 Å². The molecule has 1 aliphatic rings. The normalized spacial score (nSPS) is 17.8. The Morgan fingerprint density at radius 3 is 2.67 bits per heavy atom. The highest BCUT2D eigenvalue weighted by Crippen LogP contribution is 2.16. The van der Waals surface area contributed by atoms with Gasteiger partial charge in [0.2, 0.25) is 0 Å². The standard InChI is InChI=1S/C9H11N3O5S/c1-15-8-4-2-7(3-5-8)6-12-9(10)11-16-18(13,14)17-12/h2-5H,6H2,1H3,(H2,10,11). The number of hydrogen-bond donors (Lipinski definition) is 1. The Balaban J connectivity index is 2.13. The van der Waals surface area contributed by atoms with Crippen LogP contribution in [-0.4, -0.2) is 26.6 Å². The minimum atomic E-state index is -4.16. The average Bonchev–Trinajstić information content (AvgIpc) is 2.35. The topological polar surface area (TPSA) is 103 Å². The Hall–Kier alpha value is -2.00. The van der Waals surface area contributed by atoms with Crippen LogP contribution in [0.4, 0.5) is 0 Å². The molecule has 0 bridgehead atoms. The van der Waals surface area contributed by atoms with Gasteiger partial charge in [0.1, 0.15) is 5.75 Å². The number of oxime groups is 1. The molecule has 0 saturated carbocycles. The number of benzene rings is 1. The van der Waals surface area contributed by atoms with Crippen LogP contribution >= 0.6 is 0 Å². The van der Waals surface area contributed by atoms with Crippen molar-refractivity contribution in [2.24, 2.45) is 10.9 Å². The molecule has 0 spiro atoms. The summed E-state index contributed by atoms with van der Waals surface area (Å²) in [5.74, 6) is 0.511. The SMILES string of the molecule is COc1ccc(CN2OS(=O)(=O)ON=C2N)cc1. The van der Waals surface area contributed by atoms with E-state index >= 15 is 0 Å². The third-order valence-electron chi connectivity index (χ3n) is 2.14. The molecule has 98 valence electrons. The van der Waals surface area contributed by atoms with Gasteiger partial charge in [0, 0.05) is 0 Å². The summed E-state index contributed by atoms with van der Waals surface area (Å²) < 4.78 is 35.6. The quantitative estimate of drug-likeness (QED) is 0.822. The molecule has 0 saturated heterocycles. The molecule has 0 aliphatic carbocycles. The van der Waals surface area contributed by atoms with Gasteiger partial charge in [-0.15, -0.1) is 4.28 Å². The first kappa shape index (κ1) is 12.5. The number of ether oxygens (including phenoxy) is 1. The maximum atomic E-state index is 11.0.